The van der Waals surface area contributed by atoms with E-state index in [0.717, 1.165) is 19.0 Å². The van der Waals surface area contributed by atoms with Crippen molar-refractivity contribution >= 4 is 11.8 Å². The van der Waals surface area contributed by atoms with Crippen molar-refractivity contribution in [3.05, 3.63) is 29.8 Å². The molecule has 1 aromatic rings. The van der Waals surface area contributed by atoms with Crippen molar-refractivity contribution in [2.75, 3.05) is 18.4 Å². The lowest BCUT2D eigenvalue weighted by Gasteiger charge is -2.23. The second-order valence-corrected chi connectivity index (χ2v) is 4.54. The van der Waals surface area contributed by atoms with Crippen LogP contribution < -0.4 is 10.6 Å². The highest BCUT2D eigenvalue weighted by Crippen LogP contribution is 2.34. The molecule has 1 heterocycles. The predicted octanol–water partition coefficient (Wildman–Crippen LogP) is 3.01. The second-order valence-electron chi connectivity index (χ2n) is 4.54. The lowest BCUT2D eigenvalue weighted by atomic mass is 10.1. The van der Waals surface area contributed by atoms with Crippen LogP contribution in [0.2, 0.25) is 0 Å². The molecule has 7 heteroatoms. The van der Waals surface area contributed by atoms with Crippen molar-refractivity contribution in [3.8, 4) is 0 Å². The van der Waals surface area contributed by atoms with Crippen LogP contribution in [-0.4, -0.2) is 25.3 Å². The molecule has 1 fully saturated rings. The molecule has 0 unspecified atom stereocenters. The van der Waals surface area contributed by atoms with Crippen LogP contribution in [0.3, 0.4) is 0 Å². The maximum absolute atomic E-state index is 12.8. The number of piperidine rings is 1. The molecule has 110 valence electrons. The first kappa shape index (κ1) is 14.6. The molecule has 0 aliphatic carbocycles. The Labute approximate surface area is 114 Å². The number of carbonyl (C=O) groups excluding carboxylic acids is 1. The molecule has 4 nitrogen and oxygen atoms in total. The van der Waals surface area contributed by atoms with Crippen molar-refractivity contribution in [1.29, 1.82) is 0 Å². The van der Waals surface area contributed by atoms with Crippen LogP contribution in [0.5, 0.6) is 0 Å². The van der Waals surface area contributed by atoms with Gasteiger partial charge in [0.05, 0.1) is 11.3 Å². The van der Waals surface area contributed by atoms with Gasteiger partial charge in [0.2, 0.25) is 0 Å². The van der Waals surface area contributed by atoms with Crippen molar-refractivity contribution in [1.82, 2.24) is 5.32 Å². The number of ether oxygens (including phenoxy) is 1. The van der Waals surface area contributed by atoms with Crippen LogP contribution >= 0.6 is 0 Å². The number of hydrogen-bond donors (Lipinski definition) is 2. The molecule has 0 bridgehead atoms. The minimum atomic E-state index is -4.52. The van der Waals surface area contributed by atoms with Gasteiger partial charge in [-0.25, -0.2) is 4.79 Å². The Kier molecular flexibility index (Phi) is 4.49. The molecule has 1 saturated heterocycles. The van der Waals surface area contributed by atoms with Crippen molar-refractivity contribution in [3.63, 3.8) is 0 Å². The maximum atomic E-state index is 12.8. The first-order valence-corrected chi connectivity index (χ1v) is 6.31. The smallest absolute Gasteiger partial charge is 0.418 e. The third-order valence-corrected chi connectivity index (χ3v) is 2.99. The fraction of sp³-hybridized carbons (Fsp3) is 0.462. The molecule has 0 spiro atoms. The Morgan fingerprint density at radius 3 is 2.75 bits per heavy atom. The zero-order chi connectivity index (χ0) is 14.6. The summed E-state index contributed by atoms with van der Waals surface area (Å²) in [5, 5.41) is 5.21. The summed E-state index contributed by atoms with van der Waals surface area (Å²) in [4.78, 5) is 11.6. The van der Waals surface area contributed by atoms with Crippen molar-refractivity contribution in [2.45, 2.75) is 25.1 Å². The summed E-state index contributed by atoms with van der Waals surface area (Å²) in [7, 11) is 0. The van der Waals surface area contributed by atoms with E-state index >= 15 is 0 Å². The summed E-state index contributed by atoms with van der Waals surface area (Å²) < 4.78 is 43.3. The largest absolute Gasteiger partial charge is 0.445 e. The molecular weight excluding hydrogens is 273 g/mol. The second kappa shape index (κ2) is 6.13. The number of hydrogen-bond acceptors (Lipinski definition) is 3. The monoisotopic (exact) mass is 288 g/mol. The number of anilines is 1. The highest BCUT2D eigenvalue weighted by atomic mass is 19.4. The average Bonchev–Trinajstić information content (AvgIpc) is 2.39. The van der Waals surface area contributed by atoms with Gasteiger partial charge in [-0.15, -0.1) is 0 Å². The number of para-hydroxylation sites is 1. The van der Waals surface area contributed by atoms with Gasteiger partial charge in [-0.1, -0.05) is 12.1 Å². The van der Waals surface area contributed by atoms with E-state index in [1.807, 2.05) is 0 Å². The standard InChI is InChI=1S/C13H15F3N2O2/c14-13(15,16)10-5-1-2-6-11(10)18-12(19)20-9-4-3-7-17-8-9/h1-2,5-6,9,17H,3-4,7-8H2,(H,18,19)/t9-/m0/s1. The number of nitrogens with one attached hydrogen (secondary N) is 2. The van der Waals surface area contributed by atoms with Crippen molar-refractivity contribution in [2.24, 2.45) is 0 Å². The molecule has 1 aliphatic rings. The number of amides is 1. The van der Waals surface area contributed by atoms with Crippen LogP contribution in [0.25, 0.3) is 0 Å². The molecular formula is C13H15F3N2O2. The zero-order valence-corrected chi connectivity index (χ0v) is 10.7. The zero-order valence-electron chi connectivity index (χ0n) is 10.7. The van der Waals surface area contributed by atoms with Gasteiger partial charge in [0.15, 0.2) is 0 Å². The van der Waals surface area contributed by atoms with E-state index in [0.29, 0.717) is 13.0 Å². The fourth-order valence-corrected chi connectivity index (χ4v) is 2.05. The van der Waals surface area contributed by atoms with E-state index in [1.165, 1.54) is 18.2 Å². The third-order valence-electron chi connectivity index (χ3n) is 2.99. The SMILES string of the molecule is O=C(Nc1ccccc1C(F)(F)F)O[C@H]1CCCNC1. The molecule has 0 aromatic heterocycles. The Morgan fingerprint density at radius 1 is 1.35 bits per heavy atom. The Balaban J connectivity index is 2.00. The molecule has 0 saturated carbocycles. The maximum Gasteiger partial charge on any atom is 0.418 e. The van der Waals surface area contributed by atoms with Crippen molar-refractivity contribution < 1.29 is 22.7 Å². The molecule has 20 heavy (non-hydrogen) atoms. The Hall–Kier alpha value is -1.76. The molecule has 1 amide bonds. The lowest BCUT2D eigenvalue weighted by Crippen LogP contribution is -2.37. The van der Waals surface area contributed by atoms with Crippen LogP contribution in [0.1, 0.15) is 18.4 Å². The quantitative estimate of drug-likeness (QED) is 0.879. The molecule has 1 atom stereocenters. The molecule has 1 aliphatic heterocycles. The van der Waals surface area contributed by atoms with Gasteiger partial charge in [-0.05, 0) is 31.5 Å². The predicted molar refractivity (Wildman–Crippen MR) is 67.4 cm³/mol. The summed E-state index contributed by atoms with van der Waals surface area (Å²) in [6.07, 6.45) is -4.11. The van der Waals surface area contributed by atoms with Crippen LogP contribution in [0, 0.1) is 0 Å². The number of alkyl halides is 3. The topological polar surface area (TPSA) is 50.4 Å². The van der Waals surface area contributed by atoms with Gasteiger partial charge in [0.25, 0.3) is 0 Å². The minimum absolute atomic E-state index is 0.297. The Morgan fingerprint density at radius 2 is 2.10 bits per heavy atom. The van der Waals surface area contributed by atoms with E-state index in [4.69, 9.17) is 4.74 Å². The number of rotatable bonds is 2. The summed E-state index contributed by atoms with van der Waals surface area (Å²) in [6.45, 7) is 1.38. The summed E-state index contributed by atoms with van der Waals surface area (Å²) in [5.74, 6) is 0. The minimum Gasteiger partial charge on any atom is -0.445 e. The normalized spacial score (nSPS) is 19.4. The van der Waals surface area contributed by atoms with E-state index in [9.17, 15) is 18.0 Å². The lowest BCUT2D eigenvalue weighted by molar-refractivity contribution is -0.136. The highest BCUT2D eigenvalue weighted by molar-refractivity contribution is 5.86. The number of halogens is 3. The van der Waals surface area contributed by atoms with E-state index < -0.39 is 17.8 Å². The van der Waals surface area contributed by atoms with Gasteiger partial charge in [0.1, 0.15) is 6.10 Å². The van der Waals surface area contributed by atoms with Crippen LogP contribution in [0.4, 0.5) is 23.7 Å². The summed E-state index contributed by atoms with van der Waals surface area (Å²) in [5.41, 5.74) is -1.19. The van der Waals surface area contributed by atoms with Gasteiger partial charge < -0.3 is 10.1 Å². The summed E-state index contributed by atoms with van der Waals surface area (Å²) >= 11 is 0. The van der Waals surface area contributed by atoms with Gasteiger partial charge in [0, 0.05) is 6.54 Å². The molecule has 2 rings (SSSR count). The first-order chi connectivity index (χ1) is 9.47. The van der Waals surface area contributed by atoms with Gasteiger partial charge >= 0.3 is 12.3 Å². The highest BCUT2D eigenvalue weighted by Gasteiger charge is 2.33. The number of carbonyl (C=O) groups is 1. The average molecular weight is 288 g/mol. The van der Waals surface area contributed by atoms with Gasteiger partial charge in [-0.3, -0.25) is 5.32 Å². The summed E-state index contributed by atoms with van der Waals surface area (Å²) in [6, 6.07) is 4.80. The molecule has 1 aromatic carbocycles. The molecule has 0 radical (unpaired) electrons. The third kappa shape index (κ3) is 3.86. The molecule has 2 N–H and O–H groups in total. The first-order valence-electron chi connectivity index (χ1n) is 6.31. The van der Waals surface area contributed by atoms with Gasteiger partial charge in [-0.2, -0.15) is 13.2 Å². The van der Waals surface area contributed by atoms with E-state index in [1.54, 1.807) is 0 Å². The van der Waals surface area contributed by atoms with E-state index in [-0.39, 0.29) is 11.8 Å². The Bertz CT molecular complexity index is 471. The van der Waals surface area contributed by atoms with Crippen LogP contribution in [-0.2, 0) is 10.9 Å². The number of benzene rings is 1. The van der Waals surface area contributed by atoms with Crippen LogP contribution in [0.15, 0.2) is 24.3 Å². The fourth-order valence-electron chi connectivity index (χ4n) is 2.05. The van der Waals surface area contributed by atoms with E-state index in [2.05, 4.69) is 10.6 Å².